The average Bonchev–Trinajstić information content (AvgIpc) is 4.02. The Morgan fingerprint density at radius 3 is 2.00 bits per heavy atom. The SMILES string of the molecule is c1ccc(-n2c3ccccc3c3c(-c4ccc(N(c5cccc(-c6ccc7c(c6)sc6ccccc67)c5)c5cccc6oc7c8ccccc8ccc7c56)cc4)cccc32)cc1. The predicted octanol–water partition coefficient (Wildman–Crippen LogP) is 17.0. The van der Waals surface area contributed by atoms with Crippen molar-refractivity contribution >= 4 is 103 Å². The molecule has 0 saturated carbocycles. The highest BCUT2D eigenvalue weighted by Crippen LogP contribution is 2.46. The van der Waals surface area contributed by atoms with E-state index in [0.29, 0.717) is 0 Å². The number of nitrogens with zero attached hydrogens (tertiary/aromatic N) is 2. The van der Waals surface area contributed by atoms with Gasteiger partial charge in [-0.05, 0) is 107 Å². The number of aromatic nitrogens is 1. The summed E-state index contributed by atoms with van der Waals surface area (Å²) >= 11 is 1.86. The maximum absolute atomic E-state index is 6.75. The van der Waals surface area contributed by atoms with Crippen LogP contribution in [0.15, 0.2) is 223 Å². The molecule has 290 valence electrons. The van der Waals surface area contributed by atoms with Gasteiger partial charge in [-0.3, -0.25) is 0 Å². The summed E-state index contributed by atoms with van der Waals surface area (Å²) in [6, 6.07) is 79.2. The van der Waals surface area contributed by atoms with Crippen LogP contribution in [-0.2, 0) is 0 Å². The fraction of sp³-hybridized carbons (Fsp3) is 0. The van der Waals surface area contributed by atoms with Gasteiger partial charge in [0.1, 0.15) is 11.2 Å². The van der Waals surface area contributed by atoms with Crippen molar-refractivity contribution in [3.8, 4) is 27.9 Å². The van der Waals surface area contributed by atoms with Crippen LogP contribution < -0.4 is 4.90 Å². The lowest BCUT2D eigenvalue weighted by Crippen LogP contribution is -2.10. The molecule has 0 radical (unpaired) electrons. The van der Waals surface area contributed by atoms with Gasteiger partial charge in [0.15, 0.2) is 0 Å². The van der Waals surface area contributed by atoms with E-state index in [1.54, 1.807) is 0 Å². The quantitative estimate of drug-likeness (QED) is 0.167. The second-order valence-electron chi connectivity index (χ2n) is 16.0. The number of benzene rings is 10. The number of fused-ring (bicyclic) bond motifs is 11. The monoisotopic (exact) mass is 808 g/mol. The normalized spacial score (nSPS) is 11.9. The van der Waals surface area contributed by atoms with E-state index in [9.17, 15) is 0 Å². The summed E-state index contributed by atoms with van der Waals surface area (Å²) in [4.78, 5) is 2.40. The van der Waals surface area contributed by atoms with Crippen molar-refractivity contribution < 1.29 is 4.42 Å². The van der Waals surface area contributed by atoms with E-state index in [-0.39, 0.29) is 0 Å². The second kappa shape index (κ2) is 13.8. The van der Waals surface area contributed by atoms with Crippen LogP contribution >= 0.6 is 11.3 Å². The number of anilines is 3. The van der Waals surface area contributed by atoms with E-state index in [4.69, 9.17) is 4.42 Å². The molecular weight excluding hydrogens is 773 g/mol. The molecule has 0 fully saturated rings. The minimum Gasteiger partial charge on any atom is -0.455 e. The molecule has 0 aliphatic rings. The zero-order chi connectivity index (χ0) is 40.7. The first-order chi connectivity index (χ1) is 30.7. The van der Waals surface area contributed by atoms with Crippen molar-refractivity contribution in [2.24, 2.45) is 0 Å². The van der Waals surface area contributed by atoms with Gasteiger partial charge in [0.2, 0.25) is 0 Å². The van der Waals surface area contributed by atoms with Gasteiger partial charge in [0.05, 0.1) is 22.1 Å². The van der Waals surface area contributed by atoms with Crippen LogP contribution in [0.2, 0.25) is 0 Å². The summed E-state index contributed by atoms with van der Waals surface area (Å²) in [6.45, 7) is 0. The Balaban J connectivity index is 0.997. The van der Waals surface area contributed by atoms with Gasteiger partial charge in [-0.1, -0.05) is 140 Å². The third-order valence-corrected chi connectivity index (χ3v) is 13.7. The zero-order valence-corrected chi connectivity index (χ0v) is 34.3. The molecule has 4 heteroatoms. The molecule has 0 spiro atoms. The summed E-state index contributed by atoms with van der Waals surface area (Å²) in [6.07, 6.45) is 0. The van der Waals surface area contributed by atoms with Crippen molar-refractivity contribution in [3.05, 3.63) is 218 Å². The second-order valence-corrected chi connectivity index (χ2v) is 17.1. The molecule has 10 aromatic carbocycles. The Morgan fingerprint density at radius 1 is 0.403 bits per heavy atom. The minimum absolute atomic E-state index is 0.864. The maximum atomic E-state index is 6.75. The molecule has 0 N–H and O–H groups in total. The number of para-hydroxylation sites is 2. The van der Waals surface area contributed by atoms with E-state index in [1.165, 1.54) is 69.6 Å². The van der Waals surface area contributed by atoms with Gasteiger partial charge in [-0.15, -0.1) is 11.3 Å². The Kier molecular flexibility index (Phi) is 7.78. The molecular formula is C58H36N2OS. The molecule has 0 bridgehead atoms. The van der Waals surface area contributed by atoms with Gasteiger partial charge < -0.3 is 13.9 Å². The number of furan rings is 1. The molecule has 13 aromatic rings. The first-order valence-electron chi connectivity index (χ1n) is 21.1. The molecule has 0 aliphatic carbocycles. The number of hydrogen-bond acceptors (Lipinski definition) is 3. The summed E-state index contributed by atoms with van der Waals surface area (Å²) in [5.41, 5.74) is 13.3. The van der Waals surface area contributed by atoms with E-state index in [2.05, 4.69) is 228 Å². The highest BCUT2D eigenvalue weighted by molar-refractivity contribution is 7.25. The van der Waals surface area contributed by atoms with Crippen molar-refractivity contribution in [1.82, 2.24) is 4.57 Å². The number of hydrogen-bond donors (Lipinski definition) is 0. The Bertz CT molecular complexity index is 3870. The molecule has 0 saturated heterocycles. The van der Waals surface area contributed by atoms with Crippen LogP contribution in [0.4, 0.5) is 17.1 Å². The lowest BCUT2D eigenvalue weighted by atomic mass is 9.98. The summed E-state index contributed by atoms with van der Waals surface area (Å²) in [5.74, 6) is 0. The molecule has 13 rings (SSSR count). The van der Waals surface area contributed by atoms with Gasteiger partial charge >= 0.3 is 0 Å². The summed E-state index contributed by atoms with van der Waals surface area (Å²) in [5, 5.41) is 9.58. The van der Waals surface area contributed by atoms with Crippen molar-refractivity contribution in [1.29, 1.82) is 0 Å². The number of rotatable bonds is 6. The highest BCUT2D eigenvalue weighted by Gasteiger charge is 2.22. The minimum atomic E-state index is 0.864. The molecule has 3 nitrogen and oxygen atoms in total. The Labute approximate surface area is 361 Å². The number of thiophene rings is 1. The maximum Gasteiger partial charge on any atom is 0.143 e. The van der Waals surface area contributed by atoms with Crippen LogP contribution in [0, 0.1) is 0 Å². The van der Waals surface area contributed by atoms with Gasteiger partial charge in [0.25, 0.3) is 0 Å². The summed E-state index contributed by atoms with van der Waals surface area (Å²) in [7, 11) is 0. The Hall–Kier alpha value is -7.92. The van der Waals surface area contributed by atoms with Crippen molar-refractivity contribution in [3.63, 3.8) is 0 Å². The van der Waals surface area contributed by atoms with Crippen LogP contribution in [-0.4, -0.2) is 4.57 Å². The standard InChI is InChI=1S/C58H36N2OS/c1-2-15-41(16-3-1)60-50-22-8-6-20-48(50)56-44(21-11-23-51(56)60)38-27-31-42(32-28-38)59(52-24-12-25-53-57(52)49-34-29-37-13-4-5-18-45(37)58(49)61-53)43-17-10-14-39(35-43)40-30-33-47-46-19-7-9-26-54(46)62-55(47)36-40/h1-36H. The van der Waals surface area contributed by atoms with Crippen LogP contribution in [0.5, 0.6) is 0 Å². The molecule has 3 heterocycles. The van der Waals surface area contributed by atoms with E-state index < -0.39 is 0 Å². The Morgan fingerprint density at radius 2 is 1.10 bits per heavy atom. The van der Waals surface area contributed by atoms with Crippen LogP contribution in [0.1, 0.15) is 0 Å². The lowest BCUT2D eigenvalue weighted by molar-refractivity contribution is 0.672. The third-order valence-electron chi connectivity index (χ3n) is 12.6. The van der Waals surface area contributed by atoms with Gasteiger partial charge in [0, 0.05) is 58.8 Å². The molecule has 3 aromatic heterocycles. The average molecular weight is 809 g/mol. The van der Waals surface area contributed by atoms with Crippen molar-refractivity contribution in [2.45, 2.75) is 0 Å². The molecule has 0 unspecified atom stereocenters. The first kappa shape index (κ1) is 34.9. The molecule has 0 aliphatic heterocycles. The largest absolute Gasteiger partial charge is 0.455 e. The summed E-state index contributed by atoms with van der Waals surface area (Å²) < 4.78 is 11.7. The van der Waals surface area contributed by atoms with E-state index in [0.717, 1.165) is 50.1 Å². The van der Waals surface area contributed by atoms with Gasteiger partial charge in [-0.25, -0.2) is 0 Å². The zero-order valence-electron chi connectivity index (χ0n) is 33.5. The van der Waals surface area contributed by atoms with Crippen LogP contribution in [0.25, 0.3) is 103 Å². The third kappa shape index (κ3) is 5.37. The smallest absolute Gasteiger partial charge is 0.143 e. The molecule has 0 atom stereocenters. The lowest BCUT2D eigenvalue weighted by Gasteiger charge is -2.27. The molecule has 0 amide bonds. The van der Waals surface area contributed by atoms with Gasteiger partial charge in [-0.2, -0.15) is 0 Å². The fourth-order valence-corrected chi connectivity index (χ4v) is 10.9. The fourth-order valence-electron chi connectivity index (χ4n) is 9.78. The molecule has 62 heavy (non-hydrogen) atoms. The van der Waals surface area contributed by atoms with Crippen LogP contribution in [0.3, 0.4) is 0 Å². The van der Waals surface area contributed by atoms with E-state index >= 15 is 0 Å². The highest BCUT2D eigenvalue weighted by atomic mass is 32.1. The van der Waals surface area contributed by atoms with E-state index in [1.807, 2.05) is 11.3 Å². The van der Waals surface area contributed by atoms with Crippen molar-refractivity contribution in [2.75, 3.05) is 4.90 Å². The topological polar surface area (TPSA) is 21.3 Å². The predicted molar refractivity (Wildman–Crippen MR) is 264 cm³/mol. The first-order valence-corrected chi connectivity index (χ1v) is 21.9.